The molecule has 2 aliphatic heterocycles. The second-order valence-electron chi connectivity index (χ2n) is 10.2. The lowest BCUT2D eigenvalue weighted by atomic mass is 10.1. The molecule has 0 radical (unpaired) electrons. The summed E-state index contributed by atoms with van der Waals surface area (Å²) in [6.45, 7) is 7.06. The highest BCUT2D eigenvalue weighted by Gasteiger charge is 2.29. The van der Waals surface area contributed by atoms with Gasteiger partial charge in [0.05, 0.1) is 31.2 Å². The molecule has 0 aliphatic carbocycles. The minimum Gasteiger partial charge on any atom is -0.491 e. The molecule has 0 saturated carbocycles. The quantitative estimate of drug-likeness (QED) is 0.398. The smallest absolute Gasteiger partial charge is 0.258 e. The molecular formula is C27H31N5O8S. The summed E-state index contributed by atoms with van der Waals surface area (Å²) in [6, 6.07) is 8.03. The number of anilines is 3. The second kappa shape index (κ2) is 11.5. The largest absolute Gasteiger partial charge is 0.491 e. The number of hydrogen-bond acceptors (Lipinski definition) is 12. The first-order valence-corrected chi connectivity index (χ1v) is 14.8. The molecule has 5 heterocycles. The molecule has 1 amide bonds. The fourth-order valence-electron chi connectivity index (χ4n) is 4.09. The maximum Gasteiger partial charge on any atom is 0.258 e. The number of hydrogen-bond donors (Lipinski definition) is 2. The lowest BCUT2D eigenvalue weighted by molar-refractivity contribution is -0.114. The number of nitrogens with one attached hydrogen (secondary N) is 2. The minimum absolute atomic E-state index is 0.164. The number of carbonyl (C=O) groups is 1. The van der Waals surface area contributed by atoms with Crippen LogP contribution in [-0.2, 0) is 24.1 Å². The predicted octanol–water partition coefficient (Wildman–Crippen LogP) is 2.99. The van der Waals surface area contributed by atoms with Crippen LogP contribution in [0, 0.1) is 0 Å². The Kier molecular flexibility index (Phi) is 7.98. The van der Waals surface area contributed by atoms with E-state index in [0.717, 1.165) is 6.26 Å². The highest BCUT2D eigenvalue weighted by molar-refractivity contribution is 7.90. The van der Waals surface area contributed by atoms with E-state index in [1.54, 1.807) is 24.3 Å². The summed E-state index contributed by atoms with van der Waals surface area (Å²) in [7, 11) is -3.69. The Morgan fingerprint density at radius 2 is 1.98 bits per heavy atom. The number of aromatic nitrogens is 3. The molecule has 2 aliphatic rings. The number of pyridine rings is 3. The van der Waals surface area contributed by atoms with Crippen LogP contribution >= 0.6 is 0 Å². The molecule has 41 heavy (non-hydrogen) atoms. The molecule has 5 rings (SSSR count). The van der Waals surface area contributed by atoms with Gasteiger partial charge in [-0.3, -0.25) is 4.79 Å². The van der Waals surface area contributed by atoms with Gasteiger partial charge in [0.25, 0.3) is 5.88 Å². The van der Waals surface area contributed by atoms with Crippen molar-refractivity contribution >= 4 is 33.1 Å². The van der Waals surface area contributed by atoms with E-state index in [9.17, 15) is 13.2 Å². The van der Waals surface area contributed by atoms with Crippen molar-refractivity contribution in [3.63, 3.8) is 0 Å². The SMILES string of the molecule is CC(=O)Nc1cc(Nc2cc(OCC3COCCO3)cc(S(C)(=O)=O)n2)c(-c2ccc3c(n2)OC(C)(C)CO3)cn1. The van der Waals surface area contributed by atoms with Crippen LogP contribution < -0.4 is 24.8 Å². The lowest BCUT2D eigenvalue weighted by Crippen LogP contribution is -2.39. The maximum atomic E-state index is 12.5. The molecule has 0 bridgehead atoms. The first kappa shape index (κ1) is 28.5. The highest BCUT2D eigenvalue weighted by atomic mass is 32.2. The van der Waals surface area contributed by atoms with E-state index < -0.39 is 15.4 Å². The zero-order chi connectivity index (χ0) is 29.2. The maximum absolute atomic E-state index is 12.5. The summed E-state index contributed by atoms with van der Waals surface area (Å²) < 4.78 is 53.6. The summed E-state index contributed by atoms with van der Waals surface area (Å²) in [5.41, 5.74) is 0.921. The molecule has 218 valence electrons. The van der Waals surface area contributed by atoms with Crippen molar-refractivity contribution in [2.24, 2.45) is 0 Å². The number of nitrogens with zero attached hydrogens (tertiary/aromatic N) is 3. The van der Waals surface area contributed by atoms with Gasteiger partial charge < -0.3 is 34.3 Å². The van der Waals surface area contributed by atoms with Crippen LogP contribution in [0.2, 0.25) is 0 Å². The third-order valence-electron chi connectivity index (χ3n) is 6.00. The van der Waals surface area contributed by atoms with Gasteiger partial charge in [0.2, 0.25) is 5.91 Å². The third-order valence-corrected chi connectivity index (χ3v) is 6.97. The fourth-order valence-corrected chi connectivity index (χ4v) is 4.69. The molecule has 3 aromatic rings. The lowest BCUT2D eigenvalue weighted by Gasteiger charge is -2.31. The molecule has 2 N–H and O–H groups in total. The van der Waals surface area contributed by atoms with Crippen LogP contribution in [0.1, 0.15) is 20.8 Å². The van der Waals surface area contributed by atoms with Gasteiger partial charge in [-0.05, 0) is 26.0 Å². The summed E-state index contributed by atoms with van der Waals surface area (Å²) >= 11 is 0. The van der Waals surface area contributed by atoms with E-state index in [4.69, 9.17) is 23.7 Å². The van der Waals surface area contributed by atoms with E-state index in [0.29, 0.717) is 55.0 Å². The number of rotatable bonds is 8. The minimum atomic E-state index is -3.69. The van der Waals surface area contributed by atoms with E-state index in [1.165, 1.54) is 19.2 Å². The van der Waals surface area contributed by atoms with Crippen LogP contribution in [0.5, 0.6) is 17.4 Å². The molecule has 0 spiro atoms. The average Bonchev–Trinajstić information content (AvgIpc) is 2.91. The fraction of sp³-hybridized carbons (Fsp3) is 0.407. The van der Waals surface area contributed by atoms with Crippen LogP contribution in [0.4, 0.5) is 17.3 Å². The molecule has 1 saturated heterocycles. The van der Waals surface area contributed by atoms with Crippen LogP contribution in [0.3, 0.4) is 0 Å². The van der Waals surface area contributed by atoms with Crippen molar-refractivity contribution in [2.75, 3.05) is 49.9 Å². The van der Waals surface area contributed by atoms with E-state index in [-0.39, 0.29) is 41.0 Å². The topological polar surface area (TPSA) is 160 Å². The molecule has 0 aromatic carbocycles. The Morgan fingerprint density at radius 1 is 1.15 bits per heavy atom. The van der Waals surface area contributed by atoms with Gasteiger partial charge in [-0.25, -0.2) is 23.4 Å². The van der Waals surface area contributed by atoms with Crippen molar-refractivity contribution in [3.05, 3.63) is 36.5 Å². The number of ether oxygens (including phenoxy) is 5. The Bertz CT molecular complexity index is 1560. The van der Waals surface area contributed by atoms with Crippen molar-refractivity contribution in [1.82, 2.24) is 15.0 Å². The van der Waals surface area contributed by atoms with E-state index in [2.05, 4.69) is 25.6 Å². The molecule has 1 unspecified atom stereocenters. The monoisotopic (exact) mass is 585 g/mol. The number of fused-ring (bicyclic) bond motifs is 1. The van der Waals surface area contributed by atoms with Crippen LogP contribution in [0.25, 0.3) is 11.3 Å². The molecular weight excluding hydrogens is 554 g/mol. The molecule has 1 atom stereocenters. The van der Waals surface area contributed by atoms with Crippen molar-refractivity contribution in [2.45, 2.75) is 37.5 Å². The van der Waals surface area contributed by atoms with Crippen molar-refractivity contribution < 1.29 is 36.9 Å². The summed E-state index contributed by atoms with van der Waals surface area (Å²) in [4.78, 5) is 25.0. The molecule has 3 aromatic heterocycles. The highest BCUT2D eigenvalue weighted by Crippen LogP contribution is 2.38. The van der Waals surface area contributed by atoms with Gasteiger partial charge in [-0.2, -0.15) is 0 Å². The van der Waals surface area contributed by atoms with Gasteiger partial charge in [-0.1, -0.05) is 0 Å². The van der Waals surface area contributed by atoms with Gasteiger partial charge in [-0.15, -0.1) is 0 Å². The van der Waals surface area contributed by atoms with Gasteiger partial charge in [0.15, 0.2) is 20.6 Å². The third kappa shape index (κ3) is 7.20. The summed E-state index contributed by atoms with van der Waals surface area (Å²) in [6.07, 6.45) is 2.32. The standard InChI is InChI=1S/C27H31N5O8S/c1-16(33)29-23-11-21(19(12-28-23)20-5-6-22-26(31-20)40-27(2,3)15-39-22)30-24-9-17(10-25(32-24)41(4,34)35)38-14-18-13-36-7-8-37-18/h5-6,9-12,18H,7-8,13-15H2,1-4H3,(H2,28,29,30,32,33). The zero-order valence-electron chi connectivity index (χ0n) is 23.1. The van der Waals surface area contributed by atoms with E-state index >= 15 is 0 Å². The first-order chi connectivity index (χ1) is 19.4. The van der Waals surface area contributed by atoms with Gasteiger partial charge in [0, 0.05) is 43.1 Å². The van der Waals surface area contributed by atoms with E-state index in [1.807, 2.05) is 13.8 Å². The normalized spacial score (nSPS) is 17.9. The number of amides is 1. The average molecular weight is 586 g/mol. The second-order valence-corrected chi connectivity index (χ2v) is 12.2. The van der Waals surface area contributed by atoms with Crippen LogP contribution in [0.15, 0.2) is 41.6 Å². The number of carbonyl (C=O) groups excluding carboxylic acids is 1. The Hall–Kier alpha value is -4.01. The molecule has 14 heteroatoms. The first-order valence-electron chi connectivity index (χ1n) is 12.9. The Morgan fingerprint density at radius 3 is 2.71 bits per heavy atom. The predicted molar refractivity (Wildman–Crippen MR) is 149 cm³/mol. The Balaban J connectivity index is 1.51. The van der Waals surface area contributed by atoms with Crippen LogP contribution in [-0.4, -0.2) is 80.3 Å². The summed E-state index contributed by atoms with van der Waals surface area (Å²) in [5.74, 6) is 1.27. The van der Waals surface area contributed by atoms with Gasteiger partial charge >= 0.3 is 0 Å². The Labute approximate surface area is 237 Å². The van der Waals surface area contributed by atoms with Gasteiger partial charge in [0.1, 0.15) is 42.3 Å². The number of sulfone groups is 1. The molecule has 1 fully saturated rings. The zero-order valence-corrected chi connectivity index (χ0v) is 23.9. The van der Waals surface area contributed by atoms with Crippen molar-refractivity contribution in [3.8, 4) is 28.6 Å². The van der Waals surface area contributed by atoms with Crippen molar-refractivity contribution in [1.29, 1.82) is 0 Å². The molecule has 13 nitrogen and oxygen atoms in total. The summed E-state index contributed by atoms with van der Waals surface area (Å²) in [5, 5.41) is 5.62.